The summed E-state index contributed by atoms with van der Waals surface area (Å²) < 4.78 is 1.88. The molecule has 0 radical (unpaired) electrons. The van der Waals surface area contributed by atoms with Crippen LogP contribution in [0.3, 0.4) is 0 Å². The van der Waals surface area contributed by atoms with E-state index in [0.29, 0.717) is 24.7 Å². The van der Waals surface area contributed by atoms with Crippen LogP contribution in [0.5, 0.6) is 0 Å². The Balaban J connectivity index is 1.65. The first-order valence-corrected chi connectivity index (χ1v) is 8.10. The predicted octanol–water partition coefficient (Wildman–Crippen LogP) is 1.46. The highest BCUT2D eigenvalue weighted by molar-refractivity contribution is 5.79. The number of anilines is 1. The van der Waals surface area contributed by atoms with E-state index in [1.165, 1.54) is 6.07 Å². The molecule has 0 bridgehead atoms. The van der Waals surface area contributed by atoms with Gasteiger partial charge in [0.15, 0.2) is 5.96 Å². The molecule has 1 aromatic heterocycles. The van der Waals surface area contributed by atoms with E-state index < -0.39 is 4.92 Å². The number of nitrogens with zero attached hydrogens (tertiary/aromatic N) is 4. The maximum Gasteiger partial charge on any atom is 0.292 e. The predicted molar refractivity (Wildman–Crippen MR) is 97.8 cm³/mol. The summed E-state index contributed by atoms with van der Waals surface area (Å²) >= 11 is 0. The van der Waals surface area contributed by atoms with Crippen LogP contribution in [-0.4, -0.2) is 47.3 Å². The Bertz CT molecular complexity index is 686. The molecule has 0 spiro atoms. The number of nitrogens with one attached hydrogen (secondary N) is 3. The van der Waals surface area contributed by atoms with Gasteiger partial charge < -0.3 is 16.0 Å². The zero-order valence-electron chi connectivity index (χ0n) is 14.2. The summed E-state index contributed by atoms with van der Waals surface area (Å²) in [6.07, 6.45) is 4.62. The zero-order valence-corrected chi connectivity index (χ0v) is 14.2. The van der Waals surface area contributed by atoms with Crippen molar-refractivity contribution in [3.63, 3.8) is 0 Å². The van der Waals surface area contributed by atoms with Crippen LogP contribution in [0.4, 0.5) is 11.4 Å². The van der Waals surface area contributed by atoms with E-state index in [-0.39, 0.29) is 5.69 Å². The number of rotatable bonds is 9. The molecule has 134 valence electrons. The lowest BCUT2D eigenvalue weighted by Gasteiger charge is -2.13. The molecule has 0 unspecified atom stereocenters. The van der Waals surface area contributed by atoms with Crippen molar-refractivity contribution in [2.45, 2.75) is 13.0 Å². The average molecular weight is 345 g/mol. The third kappa shape index (κ3) is 6.13. The van der Waals surface area contributed by atoms with Crippen molar-refractivity contribution < 1.29 is 4.92 Å². The van der Waals surface area contributed by atoms with E-state index >= 15 is 0 Å². The quantitative estimate of drug-likeness (QED) is 0.209. The highest BCUT2D eigenvalue weighted by atomic mass is 16.6. The van der Waals surface area contributed by atoms with Crippen LogP contribution in [0.15, 0.2) is 47.7 Å². The Morgan fingerprint density at radius 2 is 2.04 bits per heavy atom. The van der Waals surface area contributed by atoms with E-state index in [0.717, 1.165) is 19.5 Å². The Morgan fingerprint density at radius 1 is 1.24 bits per heavy atom. The van der Waals surface area contributed by atoms with Crippen LogP contribution in [0.1, 0.15) is 6.42 Å². The van der Waals surface area contributed by atoms with Gasteiger partial charge >= 0.3 is 0 Å². The fraction of sp³-hybridized carbons (Fsp3) is 0.375. The van der Waals surface area contributed by atoms with Crippen LogP contribution in [0, 0.1) is 10.1 Å². The molecule has 0 atom stereocenters. The number of nitro benzene ring substituents is 1. The van der Waals surface area contributed by atoms with Gasteiger partial charge in [0.1, 0.15) is 5.69 Å². The normalized spacial score (nSPS) is 11.2. The van der Waals surface area contributed by atoms with Crippen molar-refractivity contribution in [1.29, 1.82) is 0 Å². The molecular weight excluding hydrogens is 322 g/mol. The van der Waals surface area contributed by atoms with E-state index in [2.05, 4.69) is 26.0 Å². The monoisotopic (exact) mass is 345 g/mol. The minimum atomic E-state index is -0.393. The molecule has 9 nitrogen and oxygen atoms in total. The number of aliphatic imine (C=N–C) groups is 1. The first-order chi connectivity index (χ1) is 12.2. The summed E-state index contributed by atoms with van der Waals surface area (Å²) in [6.45, 7) is 2.75. The molecule has 0 saturated carbocycles. The maximum absolute atomic E-state index is 11.0. The molecular formula is C16H23N7O2. The van der Waals surface area contributed by atoms with Crippen molar-refractivity contribution in [1.82, 2.24) is 20.4 Å². The summed E-state index contributed by atoms with van der Waals surface area (Å²) in [5.41, 5.74) is 0.583. The van der Waals surface area contributed by atoms with Gasteiger partial charge in [0, 0.05) is 51.7 Å². The second-order valence-corrected chi connectivity index (χ2v) is 5.25. The van der Waals surface area contributed by atoms with E-state index in [1.54, 1.807) is 31.4 Å². The first-order valence-electron chi connectivity index (χ1n) is 8.10. The van der Waals surface area contributed by atoms with Crippen molar-refractivity contribution in [3.05, 3.63) is 52.8 Å². The van der Waals surface area contributed by atoms with Gasteiger partial charge in [-0.1, -0.05) is 12.1 Å². The number of aryl methyl sites for hydroxylation is 1. The van der Waals surface area contributed by atoms with Gasteiger partial charge in [-0.2, -0.15) is 5.10 Å². The van der Waals surface area contributed by atoms with Gasteiger partial charge in [0.2, 0.25) is 0 Å². The average Bonchev–Trinajstić information content (AvgIpc) is 3.14. The molecule has 1 aromatic carbocycles. The lowest BCUT2D eigenvalue weighted by atomic mass is 10.2. The van der Waals surface area contributed by atoms with E-state index in [4.69, 9.17) is 0 Å². The summed E-state index contributed by atoms with van der Waals surface area (Å²) in [6, 6.07) is 8.49. The molecule has 3 N–H and O–H groups in total. The van der Waals surface area contributed by atoms with E-state index in [1.807, 2.05) is 16.9 Å². The highest BCUT2D eigenvalue weighted by Crippen LogP contribution is 2.22. The molecule has 0 saturated heterocycles. The van der Waals surface area contributed by atoms with Gasteiger partial charge in [0.05, 0.1) is 4.92 Å². The summed E-state index contributed by atoms with van der Waals surface area (Å²) in [7, 11) is 1.71. The van der Waals surface area contributed by atoms with Gasteiger partial charge in [-0.05, 0) is 18.6 Å². The number of hydrogen-bond acceptors (Lipinski definition) is 5. The van der Waals surface area contributed by atoms with Gasteiger partial charge in [-0.15, -0.1) is 0 Å². The molecule has 0 aliphatic heterocycles. The number of guanidine groups is 1. The lowest BCUT2D eigenvalue weighted by molar-refractivity contribution is -0.384. The minimum Gasteiger partial charge on any atom is -0.378 e. The molecule has 25 heavy (non-hydrogen) atoms. The fourth-order valence-corrected chi connectivity index (χ4v) is 2.26. The molecule has 2 rings (SSSR count). The van der Waals surface area contributed by atoms with Crippen LogP contribution < -0.4 is 16.0 Å². The number of para-hydroxylation sites is 2. The highest BCUT2D eigenvalue weighted by Gasteiger charge is 2.11. The fourth-order valence-electron chi connectivity index (χ4n) is 2.26. The Kier molecular flexibility index (Phi) is 7.23. The second-order valence-electron chi connectivity index (χ2n) is 5.25. The van der Waals surface area contributed by atoms with Crippen LogP contribution in [-0.2, 0) is 6.54 Å². The van der Waals surface area contributed by atoms with Crippen LogP contribution in [0.25, 0.3) is 0 Å². The molecule has 2 aromatic rings. The largest absolute Gasteiger partial charge is 0.378 e. The smallest absolute Gasteiger partial charge is 0.292 e. The van der Waals surface area contributed by atoms with Gasteiger partial charge in [0.25, 0.3) is 5.69 Å². The minimum absolute atomic E-state index is 0.0728. The van der Waals surface area contributed by atoms with Crippen molar-refractivity contribution in [3.8, 4) is 0 Å². The molecule has 1 heterocycles. The number of nitro groups is 1. The summed E-state index contributed by atoms with van der Waals surface area (Å²) in [5, 5.41) is 24.6. The molecule has 0 aliphatic rings. The third-order valence-electron chi connectivity index (χ3n) is 3.47. The van der Waals surface area contributed by atoms with Gasteiger partial charge in [-0.25, -0.2) is 0 Å². The summed E-state index contributed by atoms with van der Waals surface area (Å²) in [5.74, 6) is 0.699. The Labute approximate surface area is 146 Å². The number of hydrogen-bond donors (Lipinski definition) is 3. The Hall–Kier alpha value is -3.10. The van der Waals surface area contributed by atoms with Crippen molar-refractivity contribution in [2.24, 2.45) is 4.99 Å². The topological polar surface area (TPSA) is 109 Å². The first kappa shape index (κ1) is 18.2. The number of aromatic nitrogens is 2. The van der Waals surface area contributed by atoms with Crippen molar-refractivity contribution in [2.75, 3.05) is 32.0 Å². The molecule has 0 amide bonds. The standard InChI is InChI=1S/C16H23N7O2/c1-17-16(19-8-4-12-22-13-5-9-21-22)20-11-10-18-14-6-2-3-7-15(14)23(24)25/h2-3,5-7,9,13,18H,4,8,10-12H2,1H3,(H2,17,19,20). The molecule has 0 aliphatic carbocycles. The molecule has 9 heteroatoms. The Morgan fingerprint density at radius 3 is 2.76 bits per heavy atom. The number of benzene rings is 1. The summed E-state index contributed by atoms with van der Waals surface area (Å²) in [4.78, 5) is 14.7. The maximum atomic E-state index is 11.0. The zero-order chi connectivity index (χ0) is 17.9. The van der Waals surface area contributed by atoms with Gasteiger partial charge in [-0.3, -0.25) is 19.8 Å². The second kappa shape index (κ2) is 9.91. The SMILES string of the molecule is CN=C(NCCCn1cccn1)NCCNc1ccccc1[N+](=O)[O-]. The molecule has 0 fully saturated rings. The van der Waals surface area contributed by atoms with Crippen LogP contribution in [0.2, 0.25) is 0 Å². The third-order valence-corrected chi connectivity index (χ3v) is 3.47. The van der Waals surface area contributed by atoms with E-state index in [9.17, 15) is 10.1 Å². The lowest BCUT2D eigenvalue weighted by Crippen LogP contribution is -2.40. The van der Waals surface area contributed by atoms with Crippen molar-refractivity contribution >= 4 is 17.3 Å². The van der Waals surface area contributed by atoms with Crippen LogP contribution >= 0.6 is 0 Å².